The van der Waals surface area contributed by atoms with Gasteiger partial charge in [-0.1, -0.05) is 6.92 Å². The number of hydrogen-bond acceptors (Lipinski definition) is 1. The van der Waals surface area contributed by atoms with E-state index in [-0.39, 0.29) is 0 Å². The third-order valence-corrected chi connectivity index (χ3v) is 3.07. The Balaban J connectivity index is 2.04. The molecule has 1 heteroatoms. The molecule has 2 aliphatic rings. The molecule has 10 heavy (non-hydrogen) atoms. The van der Waals surface area contributed by atoms with E-state index in [0.717, 1.165) is 12.3 Å². The Labute approximate surface area is 61.8 Å². The minimum atomic E-state index is 0.434. The summed E-state index contributed by atoms with van der Waals surface area (Å²) in [6, 6.07) is 0. The zero-order valence-electron chi connectivity index (χ0n) is 6.47. The van der Waals surface area contributed by atoms with Crippen molar-refractivity contribution in [1.29, 1.82) is 0 Å². The number of ketones is 1. The first-order chi connectivity index (χ1) is 4.83. The average Bonchev–Trinajstić information content (AvgIpc) is 2.68. The Morgan fingerprint density at radius 2 is 2.30 bits per heavy atom. The maximum Gasteiger partial charge on any atom is 0.139 e. The van der Waals surface area contributed by atoms with Crippen LogP contribution in [-0.2, 0) is 4.79 Å². The highest BCUT2D eigenvalue weighted by Gasteiger charge is 2.47. The Morgan fingerprint density at radius 1 is 1.50 bits per heavy atom. The summed E-state index contributed by atoms with van der Waals surface area (Å²) < 4.78 is 0. The van der Waals surface area contributed by atoms with Crippen LogP contribution in [0.2, 0.25) is 0 Å². The van der Waals surface area contributed by atoms with E-state index in [1.807, 2.05) is 0 Å². The standard InChI is InChI=1S/C9H14O/c1-2-6-3-4-7-5-8(7)9(6)10/h6-8H,2-5H2,1H3/t6-,7-,8-/m1/s1. The summed E-state index contributed by atoms with van der Waals surface area (Å²) in [7, 11) is 0. The van der Waals surface area contributed by atoms with Crippen LogP contribution in [-0.4, -0.2) is 5.78 Å². The van der Waals surface area contributed by atoms with E-state index >= 15 is 0 Å². The van der Waals surface area contributed by atoms with Gasteiger partial charge >= 0.3 is 0 Å². The lowest BCUT2D eigenvalue weighted by Crippen LogP contribution is -2.20. The molecular formula is C9H14O. The first kappa shape index (κ1) is 6.38. The molecule has 0 heterocycles. The van der Waals surface area contributed by atoms with E-state index in [2.05, 4.69) is 6.92 Å². The van der Waals surface area contributed by atoms with Crippen LogP contribution in [0.3, 0.4) is 0 Å². The zero-order valence-corrected chi connectivity index (χ0v) is 6.47. The quantitative estimate of drug-likeness (QED) is 0.541. The van der Waals surface area contributed by atoms with E-state index in [1.165, 1.54) is 19.3 Å². The normalized spacial score (nSPS) is 44.9. The molecular weight excluding hydrogens is 124 g/mol. The Bertz CT molecular complexity index is 162. The van der Waals surface area contributed by atoms with Gasteiger partial charge in [0.2, 0.25) is 0 Å². The van der Waals surface area contributed by atoms with Crippen molar-refractivity contribution >= 4 is 5.78 Å². The predicted octanol–water partition coefficient (Wildman–Crippen LogP) is 2.01. The summed E-state index contributed by atoms with van der Waals surface area (Å²) in [5, 5.41) is 0. The molecule has 1 nitrogen and oxygen atoms in total. The molecule has 0 aromatic carbocycles. The van der Waals surface area contributed by atoms with Gasteiger partial charge in [0.05, 0.1) is 0 Å². The number of rotatable bonds is 1. The van der Waals surface area contributed by atoms with Gasteiger partial charge in [-0.05, 0) is 31.6 Å². The monoisotopic (exact) mass is 138 g/mol. The summed E-state index contributed by atoms with van der Waals surface area (Å²) in [5.74, 6) is 2.34. The van der Waals surface area contributed by atoms with E-state index < -0.39 is 0 Å². The fraction of sp³-hybridized carbons (Fsp3) is 0.889. The van der Waals surface area contributed by atoms with Crippen molar-refractivity contribution in [2.24, 2.45) is 17.8 Å². The summed E-state index contributed by atoms with van der Waals surface area (Å²) in [6.45, 7) is 2.13. The third-order valence-electron chi connectivity index (χ3n) is 3.07. The molecule has 56 valence electrons. The third kappa shape index (κ3) is 0.799. The first-order valence-electron chi connectivity index (χ1n) is 4.36. The second kappa shape index (κ2) is 2.08. The maximum absolute atomic E-state index is 11.4. The van der Waals surface area contributed by atoms with Crippen LogP contribution in [0.15, 0.2) is 0 Å². The molecule has 2 fully saturated rings. The van der Waals surface area contributed by atoms with Crippen molar-refractivity contribution < 1.29 is 4.79 Å². The minimum Gasteiger partial charge on any atom is -0.299 e. The molecule has 0 spiro atoms. The maximum atomic E-state index is 11.4. The van der Waals surface area contributed by atoms with Gasteiger partial charge in [-0.25, -0.2) is 0 Å². The second-order valence-electron chi connectivity index (χ2n) is 3.69. The van der Waals surface area contributed by atoms with E-state index in [0.29, 0.717) is 17.6 Å². The highest BCUT2D eigenvalue weighted by molar-refractivity contribution is 5.86. The fourth-order valence-electron chi connectivity index (χ4n) is 2.18. The second-order valence-corrected chi connectivity index (χ2v) is 3.69. The minimum absolute atomic E-state index is 0.434. The van der Waals surface area contributed by atoms with E-state index in [1.54, 1.807) is 0 Å². The van der Waals surface area contributed by atoms with Gasteiger partial charge in [-0.3, -0.25) is 4.79 Å². The number of hydrogen-bond donors (Lipinski definition) is 0. The van der Waals surface area contributed by atoms with Crippen molar-refractivity contribution in [3.05, 3.63) is 0 Å². The lowest BCUT2D eigenvalue weighted by Gasteiger charge is -2.17. The largest absolute Gasteiger partial charge is 0.299 e. The Kier molecular flexibility index (Phi) is 1.33. The van der Waals surface area contributed by atoms with Crippen LogP contribution in [0.25, 0.3) is 0 Å². The number of carbonyl (C=O) groups excluding carboxylic acids is 1. The summed E-state index contributed by atoms with van der Waals surface area (Å²) in [5.41, 5.74) is 0. The smallest absolute Gasteiger partial charge is 0.139 e. The molecule has 0 aromatic heterocycles. The number of fused-ring (bicyclic) bond motifs is 1. The van der Waals surface area contributed by atoms with Gasteiger partial charge in [0.1, 0.15) is 5.78 Å². The molecule has 0 radical (unpaired) electrons. The lowest BCUT2D eigenvalue weighted by molar-refractivity contribution is -0.125. The molecule has 0 amide bonds. The van der Waals surface area contributed by atoms with Crippen LogP contribution >= 0.6 is 0 Å². The fourth-order valence-corrected chi connectivity index (χ4v) is 2.18. The van der Waals surface area contributed by atoms with Gasteiger partial charge in [0.25, 0.3) is 0 Å². The van der Waals surface area contributed by atoms with Gasteiger partial charge < -0.3 is 0 Å². The molecule has 0 saturated heterocycles. The molecule has 2 saturated carbocycles. The van der Waals surface area contributed by atoms with Crippen LogP contribution in [0.5, 0.6) is 0 Å². The van der Waals surface area contributed by atoms with Gasteiger partial charge in [-0.15, -0.1) is 0 Å². The molecule has 2 aliphatic carbocycles. The molecule has 0 bridgehead atoms. The highest BCUT2D eigenvalue weighted by Crippen LogP contribution is 2.49. The topological polar surface area (TPSA) is 17.1 Å². The van der Waals surface area contributed by atoms with Gasteiger partial charge in [0, 0.05) is 11.8 Å². The van der Waals surface area contributed by atoms with Gasteiger partial charge in [-0.2, -0.15) is 0 Å². The van der Waals surface area contributed by atoms with Crippen LogP contribution < -0.4 is 0 Å². The summed E-state index contributed by atoms with van der Waals surface area (Å²) in [6.07, 6.45) is 4.79. The van der Waals surface area contributed by atoms with Crippen molar-refractivity contribution in [2.75, 3.05) is 0 Å². The first-order valence-corrected chi connectivity index (χ1v) is 4.36. The van der Waals surface area contributed by atoms with Gasteiger partial charge in [0.15, 0.2) is 0 Å². The Hall–Kier alpha value is -0.330. The molecule has 3 atom stereocenters. The predicted molar refractivity (Wildman–Crippen MR) is 39.6 cm³/mol. The molecule has 0 N–H and O–H groups in total. The van der Waals surface area contributed by atoms with Crippen LogP contribution in [0.4, 0.5) is 0 Å². The molecule has 0 aromatic rings. The molecule has 0 unspecified atom stereocenters. The Morgan fingerprint density at radius 3 is 3.00 bits per heavy atom. The lowest BCUT2D eigenvalue weighted by atomic mass is 9.86. The number of Topliss-reactive ketones (excluding diaryl/α,β-unsaturated/α-hetero) is 1. The SMILES string of the molecule is CC[C@@H]1CC[C@@H]2C[C@H]2C1=O. The zero-order chi connectivity index (χ0) is 7.14. The van der Waals surface area contributed by atoms with Crippen LogP contribution in [0.1, 0.15) is 32.6 Å². The molecule has 2 rings (SSSR count). The molecule has 0 aliphatic heterocycles. The van der Waals surface area contributed by atoms with Crippen LogP contribution in [0, 0.1) is 17.8 Å². The summed E-state index contributed by atoms with van der Waals surface area (Å²) in [4.78, 5) is 11.4. The average molecular weight is 138 g/mol. The van der Waals surface area contributed by atoms with Crippen molar-refractivity contribution in [3.63, 3.8) is 0 Å². The van der Waals surface area contributed by atoms with Crippen molar-refractivity contribution in [3.8, 4) is 0 Å². The highest BCUT2D eigenvalue weighted by atomic mass is 16.1. The van der Waals surface area contributed by atoms with Crippen molar-refractivity contribution in [2.45, 2.75) is 32.6 Å². The van der Waals surface area contributed by atoms with Crippen molar-refractivity contribution in [1.82, 2.24) is 0 Å². The van der Waals surface area contributed by atoms with E-state index in [4.69, 9.17) is 0 Å². The van der Waals surface area contributed by atoms with E-state index in [9.17, 15) is 4.79 Å². The number of carbonyl (C=O) groups is 1. The summed E-state index contributed by atoms with van der Waals surface area (Å²) >= 11 is 0.